The zero-order chi connectivity index (χ0) is 91.7. The average Bonchev–Trinajstić information content (AvgIpc) is 1.55. The van der Waals surface area contributed by atoms with Crippen molar-refractivity contribution in [3.05, 3.63) is 461 Å². The van der Waals surface area contributed by atoms with Crippen molar-refractivity contribution in [2.24, 2.45) is 0 Å². The molecule has 0 spiro atoms. The van der Waals surface area contributed by atoms with Crippen LogP contribution in [0, 0.1) is 0 Å². The molecular weight excluding hydrogens is 1720 g/mol. The normalized spacial score (nSPS) is 12.0. The van der Waals surface area contributed by atoms with E-state index in [1.165, 1.54) is 0 Å². The molecule has 0 aliphatic heterocycles. The third kappa shape index (κ3) is 12.3. The maximum absolute atomic E-state index is 6.57. The van der Waals surface area contributed by atoms with Gasteiger partial charge in [-0.05, 0) is 239 Å². The zero-order valence-electron chi connectivity index (χ0n) is 74.9. The molecule has 0 atom stereocenters. The summed E-state index contributed by atoms with van der Waals surface area (Å²) < 4.78 is 59.9. The molecule has 32 rings (SSSR count). The van der Waals surface area contributed by atoms with Gasteiger partial charge in [0.15, 0.2) is 22.3 Å². The van der Waals surface area contributed by atoms with Crippen LogP contribution in [0.15, 0.2) is 496 Å². The summed E-state index contributed by atoms with van der Waals surface area (Å²) in [5, 5.41) is 18.0. The summed E-state index contributed by atoms with van der Waals surface area (Å²) >= 11 is 0. The molecule has 32 aromatic rings. The monoisotopic (exact) mass is 1800 g/mol. The van der Waals surface area contributed by atoms with Crippen LogP contribution in [0.25, 0.3) is 287 Å². The van der Waals surface area contributed by atoms with Crippen LogP contribution in [0.1, 0.15) is 0 Å². The quantitative estimate of drug-likeness (QED) is 0.147. The highest BCUT2D eigenvalue weighted by Crippen LogP contribution is 2.49. The number of hydrogen-bond acceptors (Lipinski definition) is 8. The minimum absolute atomic E-state index is 0.871. The van der Waals surface area contributed by atoms with Crippen molar-refractivity contribution >= 4 is 220 Å². The van der Waals surface area contributed by atoms with Gasteiger partial charge in [-0.25, -0.2) is 0 Å². The number of nitrogens with zero attached hydrogens (tertiary/aromatic N) is 4. The van der Waals surface area contributed by atoms with E-state index in [0.717, 1.165) is 287 Å². The first kappa shape index (κ1) is 78.4. The number of hydrogen-bond donors (Lipinski definition) is 0. The van der Waals surface area contributed by atoms with Crippen LogP contribution < -0.4 is 0 Å². The van der Waals surface area contributed by atoms with Gasteiger partial charge in [-0.3, -0.25) is 0 Å². The largest absolute Gasteiger partial charge is 0.456 e. The van der Waals surface area contributed by atoms with E-state index in [2.05, 4.69) is 394 Å². The number of furan rings is 8. The Morgan fingerprint density at radius 2 is 0.379 bits per heavy atom. The van der Waals surface area contributed by atoms with Gasteiger partial charge in [0, 0.05) is 114 Å². The van der Waals surface area contributed by atoms with E-state index in [9.17, 15) is 0 Å². The Hall–Kier alpha value is -19.0. The Kier molecular flexibility index (Phi) is 17.5. The van der Waals surface area contributed by atoms with Gasteiger partial charge < -0.3 is 53.6 Å². The third-order valence-corrected chi connectivity index (χ3v) is 28.0. The molecule has 0 bridgehead atoms. The van der Waals surface area contributed by atoms with Gasteiger partial charge >= 0.3 is 0 Å². The first-order chi connectivity index (χ1) is 69.4. The molecule has 0 fully saturated rings. The van der Waals surface area contributed by atoms with Crippen LogP contribution >= 0.6 is 0 Å². The van der Waals surface area contributed by atoms with Crippen LogP contribution in [0.4, 0.5) is 0 Å². The van der Waals surface area contributed by atoms with E-state index in [4.69, 9.17) is 35.3 Å². The molecule has 656 valence electrons. The predicted molar refractivity (Wildman–Crippen MR) is 573 cm³/mol. The Balaban J connectivity index is 0.0000000896. The summed E-state index contributed by atoms with van der Waals surface area (Å²) in [5.41, 5.74) is 36.8. The lowest BCUT2D eigenvalue weighted by atomic mass is 9.99. The van der Waals surface area contributed by atoms with E-state index in [-0.39, 0.29) is 0 Å². The molecule has 12 heterocycles. The fraction of sp³-hybridized carbons (Fsp3) is 0. The molecule has 0 radical (unpaired) electrons. The van der Waals surface area contributed by atoms with Gasteiger partial charge in [0.05, 0.1) is 22.1 Å². The van der Waals surface area contributed by atoms with Crippen LogP contribution in [-0.2, 0) is 0 Å². The van der Waals surface area contributed by atoms with Gasteiger partial charge in [0.25, 0.3) is 0 Å². The molecule has 20 aromatic carbocycles. The molecule has 12 heteroatoms. The smallest absolute Gasteiger partial charge is 0.161 e. The average molecular weight is 1800 g/mol. The van der Waals surface area contributed by atoms with Crippen molar-refractivity contribution in [1.29, 1.82) is 0 Å². The van der Waals surface area contributed by atoms with Gasteiger partial charge in [0.2, 0.25) is 0 Å². The van der Waals surface area contributed by atoms with Crippen molar-refractivity contribution < 1.29 is 35.3 Å². The van der Waals surface area contributed by atoms with Crippen LogP contribution in [-0.4, -0.2) is 18.3 Å². The SMILES string of the molecule is c1ccc(-n2c3ccccc3c3oc4cc(-c5ccc6c(c5)oc5ccccc56)ccc4c32)cc1.c1ccc(-n2c3ccccc3c3oc4cc(-c5ccc6oc7ccccc7c6c5)ccc4c32)cc1.c1ccc(-n2c3ccccc3c3oc4cc(-c5cccc6c5oc5ccccc56)ccc4c32)cc1.c1ccc(-n2c3ccccc3c3oc4cc(-c5cccc6oc7ccccc7c56)ccc4c32)cc1. The molecule has 0 aliphatic carbocycles. The van der Waals surface area contributed by atoms with Crippen molar-refractivity contribution in [2.45, 2.75) is 0 Å². The minimum Gasteiger partial charge on any atom is -0.456 e. The maximum atomic E-state index is 6.57. The van der Waals surface area contributed by atoms with Crippen molar-refractivity contribution in [1.82, 2.24) is 18.3 Å². The molecule has 0 N–H and O–H groups in total. The number of fused-ring (bicyclic) bond motifs is 32. The summed E-state index contributed by atoms with van der Waals surface area (Å²) in [6.45, 7) is 0. The zero-order valence-corrected chi connectivity index (χ0v) is 74.9. The van der Waals surface area contributed by atoms with Gasteiger partial charge in [-0.2, -0.15) is 0 Å². The van der Waals surface area contributed by atoms with E-state index in [0.29, 0.717) is 0 Å². The lowest BCUT2D eigenvalue weighted by molar-refractivity contribution is 0.668. The van der Waals surface area contributed by atoms with Crippen LogP contribution in [0.3, 0.4) is 0 Å². The lowest BCUT2D eigenvalue weighted by Crippen LogP contribution is -1.92. The Bertz CT molecular complexity index is 10600. The topological polar surface area (TPSA) is 125 Å². The second-order valence-corrected chi connectivity index (χ2v) is 35.9. The van der Waals surface area contributed by atoms with E-state index in [1.807, 2.05) is 84.9 Å². The Labute approximate surface area is 796 Å². The predicted octanol–water partition coefficient (Wildman–Crippen LogP) is 36.4. The van der Waals surface area contributed by atoms with Gasteiger partial charge in [-0.1, -0.05) is 261 Å². The van der Waals surface area contributed by atoms with Crippen molar-refractivity contribution in [2.75, 3.05) is 0 Å². The van der Waals surface area contributed by atoms with Crippen LogP contribution in [0.5, 0.6) is 0 Å². The second kappa shape index (κ2) is 31.3. The van der Waals surface area contributed by atoms with Crippen molar-refractivity contribution in [3.63, 3.8) is 0 Å². The summed E-state index contributed by atoms with van der Waals surface area (Å²) in [4.78, 5) is 0. The highest BCUT2D eigenvalue weighted by molar-refractivity contribution is 6.23. The maximum Gasteiger partial charge on any atom is 0.161 e. The minimum atomic E-state index is 0.871. The first-order valence-electron chi connectivity index (χ1n) is 47.1. The summed E-state index contributed by atoms with van der Waals surface area (Å²) in [7, 11) is 0. The van der Waals surface area contributed by atoms with Gasteiger partial charge in [-0.15, -0.1) is 0 Å². The van der Waals surface area contributed by atoms with E-state index >= 15 is 0 Å². The summed E-state index contributed by atoms with van der Waals surface area (Å²) in [6, 6.07) is 160. The summed E-state index contributed by atoms with van der Waals surface area (Å²) in [5.74, 6) is 0. The molecule has 12 aromatic heterocycles. The fourth-order valence-electron chi connectivity index (χ4n) is 21.8. The molecule has 0 amide bonds. The lowest BCUT2D eigenvalue weighted by Gasteiger charge is -2.07. The number of para-hydroxylation sites is 13. The van der Waals surface area contributed by atoms with Gasteiger partial charge in [0.1, 0.15) is 89.1 Å². The number of aromatic nitrogens is 4. The highest BCUT2D eigenvalue weighted by atomic mass is 16.4. The summed E-state index contributed by atoms with van der Waals surface area (Å²) in [6.07, 6.45) is 0. The molecule has 0 saturated heterocycles. The molecule has 0 aliphatic rings. The fourth-order valence-corrected chi connectivity index (χ4v) is 21.8. The molecule has 0 saturated carbocycles. The number of benzene rings is 20. The van der Waals surface area contributed by atoms with E-state index in [1.54, 1.807) is 0 Å². The molecule has 0 unspecified atom stereocenters. The molecular formula is C128H76N4O8. The first-order valence-corrected chi connectivity index (χ1v) is 47.1. The highest BCUT2D eigenvalue weighted by Gasteiger charge is 2.27. The van der Waals surface area contributed by atoms with E-state index < -0.39 is 0 Å². The Morgan fingerprint density at radius 1 is 0.129 bits per heavy atom. The third-order valence-electron chi connectivity index (χ3n) is 28.0. The standard InChI is InChI=1S/4C32H19NO2/c1-2-9-21(10-3-1)33-27-15-6-4-12-25(27)32-30(33)26-18-17-20(19-29(26)35-32)22-13-8-14-24-23-11-5-7-16-28(23)34-31(22)24;1-2-9-21(10-3-1)33-26-14-6-4-11-23(26)32-31(33)25-18-17-20(19-29(25)35-32)22-13-8-16-28-30(22)24-12-5-7-15-27(24)34-28;1-2-8-22(9-3-1)33-27-12-6-4-11-24(27)32-31(33)25-16-14-21(19-30(25)35-32)20-15-17-29-26(18-20)23-10-5-7-13-28(23)34-29;1-2-8-22(9-3-1)33-27-12-6-4-11-25(27)32-31(33)26-17-15-21(19-30(26)35-32)20-14-16-24-23-10-5-7-13-28(23)34-29(24)18-20/h4*1-19H. The van der Waals surface area contributed by atoms with Crippen LogP contribution in [0.2, 0.25) is 0 Å². The second-order valence-electron chi connectivity index (χ2n) is 35.9. The molecule has 140 heavy (non-hydrogen) atoms. The molecule has 12 nitrogen and oxygen atoms in total. The Morgan fingerprint density at radius 3 is 0.807 bits per heavy atom. The number of rotatable bonds is 8. The van der Waals surface area contributed by atoms with Crippen molar-refractivity contribution in [3.8, 4) is 67.3 Å².